The zero-order chi connectivity index (χ0) is 17.8. The predicted octanol–water partition coefficient (Wildman–Crippen LogP) is 3.89. The third-order valence-electron chi connectivity index (χ3n) is 4.56. The molecule has 0 saturated carbocycles. The Hall–Kier alpha value is -1.83. The number of thiophene rings is 1. The Morgan fingerprint density at radius 3 is 2.88 bits per heavy atom. The summed E-state index contributed by atoms with van der Waals surface area (Å²) in [4.78, 5) is 19.9. The van der Waals surface area contributed by atoms with E-state index in [9.17, 15) is 10.1 Å². The van der Waals surface area contributed by atoms with Gasteiger partial charge in [0.25, 0.3) is 5.56 Å². The second-order valence-corrected chi connectivity index (χ2v) is 8.24. The molecule has 0 aliphatic heterocycles. The summed E-state index contributed by atoms with van der Waals surface area (Å²) in [5.74, 6) is 0.361. The molecule has 0 amide bonds. The van der Waals surface area contributed by atoms with Crippen LogP contribution in [-0.4, -0.2) is 15.3 Å². The summed E-state index contributed by atoms with van der Waals surface area (Å²) in [6.45, 7) is 2.53. The molecular formula is C18H20N4OS2. The summed E-state index contributed by atoms with van der Waals surface area (Å²) >= 11 is 3.11. The van der Waals surface area contributed by atoms with Gasteiger partial charge < -0.3 is 0 Å². The number of aromatic nitrogens is 2. The van der Waals surface area contributed by atoms with Crippen LogP contribution in [0.15, 0.2) is 9.95 Å². The van der Waals surface area contributed by atoms with E-state index in [0.29, 0.717) is 30.3 Å². The largest absolute Gasteiger partial charge is 0.287 e. The van der Waals surface area contributed by atoms with E-state index in [1.165, 1.54) is 28.6 Å². The number of fused-ring (bicyclic) bond motifs is 3. The van der Waals surface area contributed by atoms with E-state index < -0.39 is 0 Å². The number of aryl methyl sites for hydroxylation is 2. The number of hydrogen-bond donors (Lipinski definition) is 0. The van der Waals surface area contributed by atoms with Crippen LogP contribution >= 0.6 is 23.1 Å². The van der Waals surface area contributed by atoms with Gasteiger partial charge in [-0.2, -0.15) is 10.5 Å². The van der Waals surface area contributed by atoms with Crippen molar-refractivity contribution >= 4 is 33.3 Å². The summed E-state index contributed by atoms with van der Waals surface area (Å²) in [7, 11) is 0. The van der Waals surface area contributed by atoms with E-state index in [1.807, 2.05) is 6.92 Å². The Labute approximate surface area is 155 Å². The van der Waals surface area contributed by atoms with Crippen LogP contribution in [0.25, 0.3) is 10.2 Å². The van der Waals surface area contributed by atoms with E-state index in [4.69, 9.17) is 10.2 Å². The van der Waals surface area contributed by atoms with Gasteiger partial charge in [0.2, 0.25) is 0 Å². The van der Waals surface area contributed by atoms with E-state index in [-0.39, 0.29) is 11.5 Å². The summed E-state index contributed by atoms with van der Waals surface area (Å²) in [6, 6.07) is 4.34. The van der Waals surface area contributed by atoms with Crippen LogP contribution in [0.1, 0.15) is 43.0 Å². The maximum atomic E-state index is 13.0. The summed E-state index contributed by atoms with van der Waals surface area (Å²) in [5.41, 5.74) is 1.27. The average Bonchev–Trinajstić information content (AvgIpc) is 3.00. The molecule has 0 spiro atoms. The molecule has 1 aliphatic rings. The van der Waals surface area contributed by atoms with Gasteiger partial charge in [0.1, 0.15) is 4.83 Å². The van der Waals surface area contributed by atoms with Crippen molar-refractivity contribution in [3.05, 3.63) is 20.8 Å². The van der Waals surface area contributed by atoms with Crippen LogP contribution in [0.5, 0.6) is 0 Å². The lowest BCUT2D eigenvalue weighted by Gasteiger charge is -2.13. The molecule has 2 aromatic rings. The lowest BCUT2D eigenvalue weighted by atomic mass is 9.97. The number of hydrogen-bond acceptors (Lipinski definition) is 6. The molecular weight excluding hydrogens is 352 g/mol. The second-order valence-electron chi connectivity index (χ2n) is 6.17. The highest BCUT2D eigenvalue weighted by atomic mass is 32.2. The molecule has 0 fully saturated rings. The van der Waals surface area contributed by atoms with Crippen molar-refractivity contribution in [2.24, 2.45) is 5.92 Å². The van der Waals surface area contributed by atoms with Crippen molar-refractivity contribution in [3.63, 3.8) is 0 Å². The fourth-order valence-corrected chi connectivity index (χ4v) is 5.63. The lowest BCUT2D eigenvalue weighted by molar-refractivity contribution is 0.629. The first-order valence-corrected chi connectivity index (χ1v) is 10.4. The highest BCUT2D eigenvalue weighted by molar-refractivity contribution is 7.99. The first kappa shape index (κ1) is 18.0. The molecule has 1 aliphatic carbocycles. The molecule has 0 saturated heterocycles. The normalized spacial score (nSPS) is 14.7. The van der Waals surface area contributed by atoms with Gasteiger partial charge in [-0.1, -0.05) is 11.8 Å². The smallest absolute Gasteiger partial charge is 0.263 e. The standard InChI is InChI=1S/C18H20N4OS2/c1-2-22-17(23)15-13-7-3-4-8-14(13)25-16(15)21-18(22)24-11-12(10-20)6-5-9-19/h12H,2-8,11H2,1H3/t12-/m0/s1. The average molecular weight is 373 g/mol. The van der Waals surface area contributed by atoms with Gasteiger partial charge in [-0.15, -0.1) is 11.3 Å². The Bertz CT molecular complexity index is 916. The van der Waals surface area contributed by atoms with Crippen LogP contribution in [0.2, 0.25) is 0 Å². The molecule has 3 rings (SSSR count). The molecule has 2 aromatic heterocycles. The summed E-state index contributed by atoms with van der Waals surface area (Å²) in [5, 5.41) is 19.4. The highest BCUT2D eigenvalue weighted by Crippen LogP contribution is 2.34. The van der Waals surface area contributed by atoms with Crippen molar-refractivity contribution < 1.29 is 0 Å². The Morgan fingerprint density at radius 1 is 1.36 bits per heavy atom. The van der Waals surface area contributed by atoms with Crippen LogP contribution < -0.4 is 5.56 Å². The quantitative estimate of drug-likeness (QED) is 0.567. The molecule has 2 heterocycles. The fraction of sp³-hybridized carbons (Fsp3) is 0.556. The minimum Gasteiger partial charge on any atom is -0.287 e. The van der Waals surface area contributed by atoms with Crippen molar-refractivity contribution in [1.29, 1.82) is 10.5 Å². The topological polar surface area (TPSA) is 82.5 Å². The van der Waals surface area contributed by atoms with E-state index in [1.54, 1.807) is 15.9 Å². The maximum absolute atomic E-state index is 13.0. The first-order chi connectivity index (χ1) is 12.2. The summed E-state index contributed by atoms with van der Waals surface area (Å²) in [6.07, 6.45) is 5.30. The molecule has 5 nitrogen and oxygen atoms in total. The Kier molecular flexibility index (Phi) is 5.78. The predicted molar refractivity (Wildman–Crippen MR) is 101 cm³/mol. The molecule has 0 radical (unpaired) electrons. The number of nitriles is 2. The van der Waals surface area contributed by atoms with Gasteiger partial charge >= 0.3 is 0 Å². The third-order valence-corrected chi connectivity index (χ3v) is 6.88. The lowest BCUT2D eigenvalue weighted by Crippen LogP contribution is -2.23. The highest BCUT2D eigenvalue weighted by Gasteiger charge is 2.22. The molecule has 0 N–H and O–H groups in total. The fourth-order valence-electron chi connectivity index (χ4n) is 3.21. The van der Waals surface area contributed by atoms with Crippen molar-refractivity contribution in [2.45, 2.75) is 57.1 Å². The zero-order valence-electron chi connectivity index (χ0n) is 14.2. The van der Waals surface area contributed by atoms with E-state index in [0.717, 1.165) is 29.5 Å². The minimum atomic E-state index is -0.195. The molecule has 130 valence electrons. The molecule has 0 aromatic carbocycles. The van der Waals surface area contributed by atoms with Gasteiger partial charge in [-0.3, -0.25) is 9.36 Å². The Balaban J connectivity index is 1.94. The number of rotatable bonds is 6. The van der Waals surface area contributed by atoms with Gasteiger partial charge in [-0.25, -0.2) is 4.98 Å². The SMILES string of the molecule is CCn1c(SC[C@H](C#N)CCC#N)nc2sc3c(c2c1=O)CCCC3. The summed E-state index contributed by atoms with van der Waals surface area (Å²) < 4.78 is 1.73. The van der Waals surface area contributed by atoms with Gasteiger partial charge in [0, 0.05) is 23.6 Å². The zero-order valence-corrected chi connectivity index (χ0v) is 15.9. The van der Waals surface area contributed by atoms with Crippen molar-refractivity contribution in [3.8, 4) is 12.1 Å². The number of thioether (sulfide) groups is 1. The van der Waals surface area contributed by atoms with Crippen molar-refractivity contribution in [2.75, 3.05) is 5.75 Å². The van der Waals surface area contributed by atoms with Gasteiger partial charge in [0.15, 0.2) is 5.16 Å². The second kappa shape index (κ2) is 8.03. The Morgan fingerprint density at radius 2 is 2.16 bits per heavy atom. The van der Waals surface area contributed by atoms with Crippen LogP contribution in [0.3, 0.4) is 0 Å². The van der Waals surface area contributed by atoms with Gasteiger partial charge in [0.05, 0.1) is 23.4 Å². The van der Waals surface area contributed by atoms with E-state index in [2.05, 4.69) is 12.1 Å². The molecule has 1 atom stereocenters. The molecule has 0 unspecified atom stereocenters. The van der Waals surface area contributed by atoms with Gasteiger partial charge in [-0.05, 0) is 44.6 Å². The molecule has 0 bridgehead atoms. The van der Waals surface area contributed by atoms with Crippen LogP contribution in [0, 0.1) is 28.6 Å². The monoisotopic (exact) mass is 372 g/mol. The maximum Gasteiger partial charge on any atom is 0.263 e. The van der Waals surface area contributed by atoms with Crippen molar-refractivity contribution in [1.82, 2.24) is 9.55 Å². The third kappa shape index (κ3) is 3.58. The molecule has 25 heavy (non-hydrogen) atoms. The number of nitrogens with zero attached hydrogens (tertiary/aromatic N) is 4. The molecule has 7 heteroatoms. The van der Waals surface area contributed by atoms with Crippen LogP contribution in [-0.2, 0) is 19.4 Å². The van der Waals surface area contributed by atoms with Crippen LogP contribution in [0.4, 0.5) is 0 Å². The first-order valence-electron chi connectivity index (χ1n) is 8.64. The van der Waals surface area contributed by atoms with E-state index >= 15 is 0 Å². The minimum absolute atomic E-state index is 0.0555.